The monoisotopic (exact) mass is 372 g/mol. The molecule has 4 nitrogen and oxygen atoms in total. The minimum atomic E-state index is -0.469. The van der Waals surface area contributed by atoms with Crippen LogP contribution in [-0.4, -0.2) is 4.92 Å². The first-order valence-corrected chi connectivity index (χ1v) is 7.22. The van der Waals surface area contributed by atoms with Gasteiger partial charge in [-0.15, -0.1) is 0 Å². The highest BCUT2D eigenvalue weighted by atomic mass is 79.9. The van der Waals surface area contributed by atoms with Gasteiger partial charge >= 0.3 is 0 Å². The molecule has 2 rings (SSSR count). The molecule has 7 heteroatoms. The van der Waals surface area contributed by atoms with Gasteiger partial charge in [0, 0.05) is 29.2 Å². The van der Waals surface area contributed by atoms with Crippen LogP contribution >= 0.6 is 27.5 Å². The van der Waals surface area contributed by atoms with Crippen molar-refractivity contribution in [3.63, 3.8) is 0 Å². The highest BCUT2D eigenvalue weighted by molar-refractivity contribution is 9.10. The van der Waals surface area contributed by atoms with Crippen molar-refractivity contribution in [2.24, 2.45) is 0 Å². The van der Waals surface area contributed by atoms with Crippen LogP contribution in [0.15, 0.2) is 40.9 Å². The molecular formula is C14H11BrClFN2O2. The van der Waals surface area contributed by atoms with Crippen molar-refractivity contribution in [3.8, 4) is 0 Å². The molecule has 0 heterocycles. The van der Waals surface area contributed by atoms with Gasteiger partial charge in [0.05, 0.1) is 9.95 Å². The van der Waals surface area contributed by atoms with Crippen LogP contribution in [0.3, 0.4) is 0 Å². The molecule has 0 bridgehead atoms. The lowest BCUT2D eigenvalue weighted by Crippen LogP contribution is -2.14. The zero-order valence-electron chi connectivity index (χ0n) is 10.8. The number of halogens is 3. The van der Waals surface area contributed by atoms with Crippen LogP contribution in [0, 0.1) is 15.9 Å². The lowest BCUT2D eigenvalue weighted by molar-refractivity contribution is -0.385. The largest absolute Gasteiger partial charge is 0.308 e. The fraction of sp³-hybridized carbons (Fsp3) is 0.143. The Kier molecular flexibility index (Phi) is 5.27. The number of nitrogens with one attached hydrogen (secondary N) is 1. The predicted octanol–water partition coefficient (Wildman–Crippen LogP) is 4.44. The Labute approximate surface area is 134 Å². The molecule has 0 fully saturated rings. The standard InChI is InChI=1S/C14H11BrClFN2O2/c15-11-3-2-10(14(6-11)19(20)21)8-18-7-9-1-4-13(17)12(16)5-9/h1-6,18H,7-8H2. The molecule has 0 aromatic heterocycles. The smallest absolute Gasteiger partial charge is 0.275 e. The van der Waals surface area contributed by atoms with Crippen LogP contribution in [-0.2, 0) is 13.1 Å². The number of hydrogen-bond acceptors (Lipinski definition) is 3. The highest BCUT2D eigenvalue weighted by Crippen LogP contribution is 2.23. The highest BCUT2D eigenvalue weighted by Gasteiger charge is 2.13. The molecule has 2 aromatic carbocycles. The normalized spacial score (nSPS) is 10.6. The number of rotatable bonds is 5. The molecular weight excluding hydrogens is 363 g/mol. The summed E-state index contributed by atoms with van der Waals surface area (Å²) in [5.41, 5.74) is 1.44. The van der Waals surface area contributed by atoms with Gasteiger partial charge in [0.25, 0.3) is 5.69 Å². The summed E-state index contributed by atoms with van der Waals surface area (Å²) < 4.78 is 13.7. The number of hydrogen-bond donors (Lipinski definition) is 1. The third-order valence-corrected chi connectivity index (χ3v) is 3.66. The molecule has 21 heavy (non-hydrogen) atoms. The quantitative estimate of drug-likeness (QED) is 0.623. The second-order valence-corrected chi connectivity index (χ2v) is 5.71. The second kappa shape index (κ2) is 6.98. The van der Waals surface area contributed by atoms with Gasteiger partial charge in [-0.05, 0) is 29.8 Å². The zero-order chi connectivity index (χ0) is 15.4. The number of nitro groups is 1. The Morgan fingerprint density at radius 1 is 1.24 bits per heavy atom. The fourth-order valence-corrected chi connectivity index (χ4v) is 2.40. The first-order valence-electron chi connectivity index (χ1n) is 6.05. The maximum atomic E-state index is 13.0. The second-order valence-electron chi connectivity index (χ2n) is 4.38. The van der Waals surface area contributed by atoms with Gasteiger partial charge in [-0.1, -0.05) is 33.6 Å². The minimum Gasteiger partial charge on any atom is -0.308 e. The molecule has 2 aromatic rings. The fourth-order valence-electron chi connectivity index (χ4n) is 1.85. The molecule has 0 amide bonds. The van der Waals surface area contributed by atoms with Crippen molar-refractivity contribution in [2.45, 2.75) is 13.1 Å². The Balaban J connectivity index is 2.03. The van der Waals surface area contributed by atoms with Gasteiger partial charge < -0.3 is 5.32 Å². The molecule has 0 aliphatic heterocycles. The SMILES string of the molecule is O=[N+]([O-])c1cc(Br)ccc1CNCc1ccc(F)c(Cl)c1. The van der Waals surface area contributed by atoms with Crippen molar-refractivity contribution in [3.05, 3.63) is 73.0 Å². The third kappa shape index (κ3) is 4.23. The van der Waals surface area contributed by atoms with E-state index in [2.05, 4.69) is 21.2 Å². The van der Waals surface area contributed by atoms with Gasteiger partial charge in [0.2, 0.25) is 0 Å². The van der Waals surface area contributed by atoms with Crippen LogP contribution in [0.25, 0.3) is 0 Å². The minimum absolute atomic E-state index is 0.0500. The van der Waals surface area contributed by atoms with Gasteiger partial charge in [-0.25, -0.2) is 4.39 Å². The van der Waals surface area contributed by atoms with Crippen LogP contribution in [0.4, 0.5) is 10.1 Å². The summed E-state index contributed by atoms with van der Waals surface area (Å²) in [7, 11) is 0. The maximum Gasteiger partial charge on any atom is 0.275 e. The topological polar surface area (TPSA) is 55.2 Å². The molecule has 0 saturated heterocycles. The van der Waals surface area contributed by atoms with Crippen molar-refractivity contribution >= 4 is 33.2 Å². The first-order chi connectivity index (χ1) is 9.97. The van der Waals surface area contributed by atoms with Gasteiger partial charge in [-0.2, -0.15) is 0 Å². The van der Waals surface area contributed by atoms with E-state index in [1.54, 1.807) is 18.2 Å². The van der Waals surface area contributed by atoms with Crippen LogP contribution in [0.2, 0.25) is 5.02 Å². The Morgan fingerprint density at radius 2 is 2.00 bits per heavy atom. The molecule has 0 atom stereocenters. The van der Waals surface area contributed by atoms with Crippen LogP contribution in [0.1, 0.15) is 11.1 Å². The van der Waals surface area contributed by atoms with Crippen LogP contribution in [0.5, 0.6) is 0 Å². The summed E-state index contributed by atoms with van der Waals surface area (Å²) in [6.07, 6.45) is 0. The van der Waals surface area contributed by atoms with E-state index in [4.69, 9.17) is 11.6 Å². The predicted molar refractivity (Wildman–Crippen MR) is 82.8 cm³/mol. The molecule has 0 aliphatic rings. The van der Waals surface area contributed by atoms with Gasteiger partial charge in [-0.3, -0.25) is 10.1 Å². The van der Waals surface area contributed by atoms with E-state index in [1.165, 1.54) is 18.2 Å². The Bertz CT molecular complexity index is 682. The number of nitro benzene ring substituents is 1. The first kappa shape index (κ1) is 15.9. The van der Waals surface area contributed by atoms with E-state index in [0.717, 1.165) is 5.56 Å². The summed E-state index contributed by atoms with van der Waals surface area (Å²) in [6.45, 7) is 0.770. The van der Waals surface area contributed by atoms with E-state index < -0.39 is 10.7 Å². The van der Waals surface area contributed by atoms with E-state index >= 15 is 0 Å². The zero-order valence-corrected chi connectivity index (χ0v) is 13.1. The number of nitrogens with zero attached hydrogens (tertiary/aromatic N) is 1. The molecule has 0 radical (unpaired) electrons. The summed E-state index contributed by atoms with van der Waals surface area (Å²) >= 11 is 8.91. The van der Waals surface area contributed by atoms with E-state index in [-0.39, 0.29) is 10.7 Å². The molecule has 0 spiro atoms. The van der Waals surface area contributed by atoms with Gasteiger partial charge in [0.15, 0.2) is 0 Å². The summed E-state index contributed by atoms with van der Waals surface area (Å²) in [4.78, 5) is 10.6. The molecule has 1 N–H and O–H groups in total. The van der Waals surface area contributed by atoms with Crippen molar-refractivity contribution < 1.29 is 9.31 Å². The molecule has 0 saturated carbocycles. The average Bonchev–Trinajstić information content (AvgIpc) is 2.44. The maximum absolute atomic E-state index is 13.0. The summed E-state index contributed by atoms with van der Waals surface area (Å²) in [5.74, 6) is -0.469. The molecule has 110 valence electrons. The van der Waals surface area contributed by atoms with Gasteiger partial charge in [0.1, 0.15) is 5.82 Å². The molecule has 0 unspecified atom stereocenters. The lowest BCUT2D eigenvalue weighted by atomic mass is 10.1. The van der Waals surface area contributed by atoms with E-state index in [9.17, 15) is 14.5 Å². The summed E-state index contributed by atoms with van der Waals surface area (Å²) in [6, 6.07) is 9.34. The van der Waals surface area contributed by atoms with E-state index in [0.29, 0.717) is 23.1 Å². The van der Waals surface area contributed by atoms with Crippen molar-refractivity contribution in [1.29, 1.82) is 0 Å². The number of benzene rings is 2. The van der Waals surface area contributed by atoms with Crippen molar-refractivity contribution in [2.75, 3.05) is 0 Å². The lowest BCUT2D eigenvalue weighted by Gasteiger charge is -2.07. The summed E-state index contributed by atoms with van der Waals surface area (Å²) in [5, 5.41) is 14.1. The van der Waals surface area contributed by atoms with Crippen LogP contribution < -0.4 is 5.32 Å². The molecule has 0 aliphatic carbocycles. The Morgan fingerprint density at radius 3 is 2.67 bits per heavy atom. The van der Waals surface area contributed by atoms with E-state index in [1.807, 2.05) is 0 Å². The van der Waals surface area contributed by atoms with Crippen molar-refractivity contribution in [1.82, 2.24) is 5.32 Å². The average molecular weight is 374 g/mol. The Hall–Kier alpha value is -1.50. The third-order valence-electron chi connectivity index (χ3n) is 2.87.